The minimum Gasteiger partial charge on any atom is -0.496 e. The van der Waals surface area contributed by atoms with E-state index in [0.29, 0.717) is 27.9 Å². The normalized spacial score (nSPS) is 10.9. The van der Waals surface area contributed by atoms with Gasteiger partial charge in [0.05, 0.1) is 24.1 Å². The zero-order valence-corrected chi connectivity index (χ0v) is 17.4. The van der Waals surface area contributed by atoms with Gasteiger partial charge in [-0.1, -0.05) is 29.8 Å². The van der Waals surface area contributed by atoms with Crippen LogP contribution in [0, 0.1) is 0 Å². The molecule has 10 heteroatoms. The van der Waals surface area contributed by atoms with E-state index in [1.54, 1.807) is 37.0 Å². The van der Waals surface area contributed by atoms with E-state index in [2.05, 4.69) is 15.5 Å². The van der Waals surface area contributed by atoms with Crippen LogP contribution in [-0.4, -0.2) is 36.7 Å². The zero-order chi connectivity index (χ0) is 21.3. The molecule has 0 unspecified atom stereocenters. The fraction of sp³-hybridized carbons (Fsp3) is 0.200. The maximum absolute atomic E-state index is 12.3. The van der Waals surface area contributed by atoms with Crippen LogP contribution in [0.5, 0.6) is 11.6 Å². The highest BCUT2D eigenvalue weighted by Gasteiger charge is 2.17. The molecule has 0 N–H and O–H groups in total. The second-order valence-electron chi connectivity index (χ2n) is 6.55. The quantitative estimate of drug-likeness (QED) is 0.471. The monoisotopic (exact) mass is 426 g/mol. The van der Waals surface area contributed by atoms with Crippen LogP contribution in [0.25, 0.3) is 16.9 Å². The number of methoxy groups -OCH3 is 1. The summed E-state index contributed by atoms with van der Waals surface area (Å²) in [5.74, 6) is 1.12. The molecule has 0 saturated carbocycles. The van der Waals surface area contributed by atoms with Crippen molar-refractivity contribution >= 4 is 11.6 Å². The SMILES string of the molecule is COc1cccc(-n2nnn(C)c2=O)c1COc1cc(-c2cccc(Cl)c2)nn1C. The Balaban J connectivity index is 1.66. The Bertz CT molecular complexity index is 1260. The Hall–Kier alpha value is -3.59. The van der Waals surface area contributed by atoms with Crippen molar-refractivity contribution in [3.8, 4) is 28.6 Å². The summed E-state index contributed by atoms with van der Waals surface area (Å²) in [7, 11) is 4.89. The summed E-state index contributed by atoms with van der Waals surface area (Å²) in [4.78, 5) is 12.3. The third-order valence-electron chi connectivity index (χ3n) is 4.60. The van der Waals surface area contributed by atoms with Gasteiger partial charge >= 0.3 is 5.69 Å². The summed E-state index contributed by atoms with van der Waals surface area (Å²) in [6.45, 7) is 0.136. The highest BCUT2D eigenvalue weighted by molar-refractivity contribution is 6.30. The average molecular weight is 427 g/mol. The van der Waals surface area contributed by atoms with Gasteiger partial charge in [0.25, 0.3) is 0 Å². The first-order chi connectivity index (χ1) is 14.5. The Morgan fingerprint density at radius 2 is 1.83 bits per heavy atom. The molecule has 4 aromatic rings. The lowest BCUT2D eigenvalue weighted by atomic mass is 10.1. The third-order valence-corrected chi connectivity index (χ3v) is 4.83. The van der Waals surface area contributed by atoms with Crippen molar-refractivity contribution in [1.29, 1.82) is 0 Å². The van der Waals surface area contributed by atoms with E-state index in [-0.39, 0.29) is 12.3 Å². The molecule has 2 aromatic heterocycles. The zero-order valence-electron chi connectivity index (χ0n) is 16.6. The third kappa shape index (κ3) is 3.67. The number of aryl methyl sites for hydroxylation is 2. The van der Waals surface area contributed by atoms with Gasteiger partial charge in [0, 0.05) is 30.7 Å². The molecule has 0 saturated heterocycles. The lowest BCUT2D eigenvalue weighted by Gasteiger charge is -2.13. The average Bonchev–Trinajstić information content (AvgIpc) is 3.28. The molecule has 9 nitrogen and oxygen atoms in total. The topological polar surface area (TPSA) is 89.0 Å². The molecule has 0 aliphatic rings. The molecular formula is C20H19ClN6O3. The molecule has 0 aliphatic heterocycles. The smallest absolute Gasteiger partial charge is 0.368 e. The van der Waals surface area contributed by atoms with Crippen LogP contribution in [0.3, 0.4) is 0 Å². The van der Waals surface area contributed by atoms with Crippen molar-refractivity contribution in [1.82, 2.24) is 29.6 Å². The predicted octanol–water partition coefficient (Wildman–Crippen LogP) is 2.61. The number of nitrogens with zero attached hydrogens (tertiary/aromatic N) is 6. The minimum atomic E-state index is -0.367. The van der Waals surface area contributed by atoms with E-state index < -0.39 is 0 Å². The van der Waals surface area contributed by atoms with Gasteiger partial charge in [-0.2, -0.15) is 14.5 Å². The van der Waals surface area contributed by atoms with Crippen LogP contribution in [0.2, 0.25) is 5.02 Å². The Morgan fingerprint density at radius 1 is 1.03 bits per heavy atom. The number of hydrogen-bond donors (Lipinski definition) is 0. The van der Waals surface area contributed by atoms with Gasteiger partial charge in [0.2, 0.25) is 5.88 Å². The molecule has 2 aromatic carbocycles. The predicted molar refractivity (Wildman–Crippen MR) is 111 cm³/mol. The molecular weight excluding hydrogens is 408 g/mol. The van der Waals surface area contributed by atoms with E-state index in [4.69, 9.17) is 21.1 Å². The number of halogens is 1. The molecule has 0 spiro atoms. The molecule has 0 bridgehead atoms. The molecule has 0 aliphatic carbocycles. The van der Waals surface area contributed by atoms with Crippen LogP contribution < -0.4 is 15.2 Å². The highest BCUT2D eigenvalue weighted by Crippen LogP contribution is 2.28. The van der Waals surface area contributed by atoms with Crippen LogP contribution >= 0.6 is 11.6 Å². The van der Waals surface area contributed by atoms with Crippen LogP contribution in [0.1, 0.15) is 5.56 Å². The van der Waals surface area contributed by atoms with E-state index >= 15 is 0 Å². The fourth-order valence-electron chi connectivity index (χ4n) is 3.07. The summed E-state index contributed by atoms with van der Waals surface area (Å²) in [5.41, 5.74) is 2.45. The number of tetrazole rings is 1. The second-order valence-corrected chi connectivity index (χ2v) is 6.98. The fourth-order valence-corrected chi connectivity index (χ4v) is 3.26. The van der Waals surface area contributed by atoms with Gasteiger partial charge in [0.1, 0.15) is 12.4 Å². The molecule has 154 valence electrons. The summed E-state index contributed by atoms with van der Waals surface area (Å²) < 4.78 is 15.5. The molecule has 30 heavy (non-hydrogen) atoms. The van der Waals surface area contributed by atoms with Crippen molar-refractivity contribution in [2.45, 2.75) is 6.61 Å². The molecule has 0 amide bonds. The first-order valence-corrected chi connectivity index (χ1v) is 9.43. The molecule has 0 fully saturated rings. The molecule has 0 atom stereocenters. The van der Waals surface area contributed by atoms with Crippen molar-refractivity contribution < 1.29 is 9.47 Å². The summed E-state index contributed by atoms with van der Waals surface area (Å²) >= 11 is 6.09. The van der Waals surface area contributed by atoms with E-state index in [9.17, 15) is 4.79 Å². The van der Waals surface area contributed by atoms with Gasteiger partial charge in [0.15, 0.2) is 0 Å². The van der Waals surface area contributed by atoms with Crippen molar-refractivity contribution in [2.24, 2.45) is 14.1 Å². The van der Waals surface area contributed by atoms with E-state index in [1.165, 1.54) is 11.7 Å². The van der Waals surface area contributed by atoms with Crippen molar-refractivity contribution in [3.05, 3.63) is 69.6 Å². The standard InChI is InChI=1S/C20H19ClN6O3/c1-25-19(11-16(22-25)13-6-4-7-14(21)10-13)30-12-15-17(8-5-9-18(15)29-3)27-20(28)26(2)23-24-27/h4-11H,12H2,1-3H3. The summed E-state index contributed by atoms with van der Waals surface area (Å²) in [6, 6.07) is 14.6. The first-order valence-electron chi connectivity index (χ1n) is 9.06. The second kappa shape index (κ2) is 8.03. The van der Waals surface area contributed by atoms with Gasteiger partial charge in [-0.05, 0) is 34.7 Å². The maximum atomic E-state index is 12.3. The van der Waals surface area contributed by atoms with Crippen LogP contribution in [0.4, 0.5) is 0 Å². The van der Waals surface area contributed by atoms with Gasteiger partial charge in [-0.15, -0.1) is 0 Å². The highest BCUT2D eigenvalue weighted by atomic mass is 35.5. The van der Waals surface area contributed by atoms with E-state index in [1.807, 2.05) is 30.3 Å². The molecule has 0 radical (unpaired) electrons. The molecule has 4 rings (SSSR count). The largest absolute Gasteiger partial charge is 0.496 e. The van der Waals surface area contributed by atoms with Gasteiger partial charge in [-0.25, -0.2) is 9.48 Å². The number of aromatic nitrogens is 6. The number of benzene rings is 2. The van der Waals surface area contributed by atoms with Gasteiger partial charge < -0.3 is 9.47 Å². The van der Waals surface area contributed by atoms with E-state index in [0.717, 1.165) is 15.9 Å². The number of ether oxygens (including phenoxy) is 2. The lowest BCUT2D eigenvalue weighted by Crippen LogP contribution is -2.23. The van der Waals surface area contributed by atoms with Crippen molar-refractivity contribution in [3.63, 3.8) is 0 Å². The maximum Gasteiger partial charge on any atom is 0.368 e. The molecule has 2 heterocycles. The lowest BCUT2D eigenvalue weighted by molar-refractivity contribution is 0.271. The van der Waals surface area contributed by atoms with Crippen LogP contribution in [-0.2, 0) is 20.7 Å². The number of hydrogen-bond acceptors (Lipinski definition) is 6. The summed E-state index contributed by atoms with van der Waals surface area (Å²) in [5, 5.41) is 12.8. The summed E-state index contributed by atoms with van der Waals surface area (Å²) in [6.07, 6.45) is 0. The Kier molecular flexibility index (Phi) is 5.28. The number of rotatable bonds is 6. The van der Waals surface area contributed by atoms with Gasteiger partial charge in [-0.3, -0.25) is 0 Å². The van der Waals surface area contributed by atoms with Crippen LogP contribution in [0.15, 0.2) is 53.3 Å². The minimum absolute atomic E-state index is 0.136. The van der Waals surface area contributed by atoms with Crippen molar-refractivity contribution in [2.75, 3.05) is 7.11 Å². The Morgan fingerprint density at radius 3 is 2.53 bits per heavy atom. The first kappa shape index (κ1) is 19.7. The Labute approximate surface area is 177 Å².